The minimum absolute atomic E-state index is 0.0166. The predicted octanol–water partition coefficient (Wildman–Crippen LogP) is 4.41. The van der Waals surface area contributed by atoms with Gasteiger partial charge in [-0.25, -0.2) is 0 Å². The number of ether oxygens (including phenoxy) is 2. The highest BCUT2D eigenvalue weighted by Crippen LogP contribution is 2.50. The standard InChI is InChI=1S/C28H33N3O4/c1-5-6-9-15-30-17-23(32)31-16-20(18-12-10-14-22(34-3)25(18)35-4)24-19-11-7-8-13-21(19)29-26(24)28(31,2)27(30)33/h7-8,10-14,20,29H,5-6,9,15-17H2,1-4H3. The van der Waals surface area contributed by atoms with Crippen molar-refractivity contribution in [1.29, 1.82) is 0 Å². The van der Waals surface area contributed by atoms with Crippen LogP contribution in [0.4, 0.5) is 0 Å². The number of unbranched alkanes of at least 4 members (excludes halogenated alkanes) is 2. The van der Waals surface area contributed by atoms with Gasteiger partial charge in [0.2, 0.25) is 5.91 Å². The van der Waals surface area contributed by atoms with Gasteiger partial charge in [-0.1, -0.05) is 50.1 Å². The summed E-state index contributed by atoms with van der Waals surface area (Å²) >= 11 is 0. The van der Waals surface area contributed by atoms with Crippen molar-refractivity contribution < 1.29 is 19.1 Å². The molecule has 5 rings (SSSR count). The summed E-state index contributed by atoms with van der Waals surface area (Å²) in [6.45, 7) is 5.14. The molecule has 0 saturated carbocycles. The van der Waals surface area contributed by atoms with Gasteiger partial charge in [-0.3, -0.25) is 9.59 Å². The van der Waals surface area contributed by atoms with Crippen LogP contribution >= 0.6 is 0 Å². The second-order valence-corrected chi connectivity index (χ2v) is 9.60. The van der Waals surface area contributed by atoms with E-state index in [4.69, 9.17) is 9.47 Å². The van der Waals surface area contributed by atoms with E-state index in [1.807, 2.05) is 43.3 Å². The summed E-state index contributed by atoms with van der Waals surface area (Å²) in [5.74, 6) is 1.07. The van der Waals surface area contributed by atoms with Crippen molar-refractivity contribution in [2.24, 2.45) is 0 Å². The molecule has 0 spiro atoms. The fraction of sp³-hybridized carbons (Fsp3) is 0.429. The highest BCUT2D eigenvalue weighted by molar-refractivity contribution is 6.01. The number of nitrogens with zero attached hydrogens (tertiary/aromatic N) is 2. The summed E-state index contributed by atoms with van der Waals surface area (Å²) in [5, 5.41) is 1.06. The van der Waals surface area contributed by atoms with E-state index in [2.05, 4.69) is 18.0 Å². The highest BCUT2D eigenvalue weighted by atomic mass is 16.5. The predicted molar refractivity (Wildman–Crippen MR) is 135 cm³/mol. The Bertz CT molecular complexity index is 1280. The molecule has 7 heteroatoms. The number of aromatic nitrogens is 1. The second-order valence-electron chi connectivity index (χ2n) is 9.60. The Labute approximate surface area is 206 Å². The number of aromatic amines is 1. The van der Waals surface area contributed by atoms with Gasteiger partial charge >= 0.3 is 0 Å². The zero-order chi connectivity index (χ0) is 24.7. The fourth-order valence-electron chi connectivity index (χ4n) is 5.88. The number of rotatable bonds is 7. The zero-order valence-electron chi connectivity index (χ0n) is 20.9. The van der Waals surface area contributed by atoms with Gasteiger partial charge < -0.3 is 24.3 Å². The van der Waals surface area contributed by atoms with E-state index in [-0.39, 0.29) is 24.3 Å². The summed E-state index contributed by atoms with van der Waals surface area (Å²) in [7, 11) is 3.25. The Hall–Kier alpha value is -3.48. The van der Waals surface area contributed by atoms with Gasteiger partial charge in [0.15, 0.2) is 17.0 Å². The first-order valence-corrected chi connectivity index (χ1v) is 12.4. The van der Waals surface area contributed by atoms with E-state index in [9.17, 15) is 9.59 Å². The third-order valence-electron chi connectivity index (χ3n) is 7.66. The Morgan fingerprint density at radius 2 is 1.86 bits per heavy atom. The van der Waals surface area contributed by atoms with E-state index in [0.29, 0.717) is 24.6 Å². The van der Waals surface area contributed by atoms with Gasteiger partial charge in [0.05, 0.1) is 26.5 Å². The number of hydrogen-bond acceptors (Lipinski definition) is 4. The van der Waals surface area contributed by atoms with Crippen molar-refractivity contribution in [2.45, 2.75) is 44.6 Å². The van der Waals surface area contributed by atoms with E-state index < -0.39 is 5.54 Å². The maximum atomic E-state index is 14.0. The number of methoxy groups -OCH3 is 2. The number of carbonyl (C=O) groups excluding carboxylic acids is 2. The van der Waals surface area contributed by atoms with Crippen molar-refractivity contribution in [3.05, 3.63) is 59.3 Å². The number of H-pyrrole nitrogens is 1. The average Bonchev–Trinajstić information content (AvgIpc) is 3.27. The van der Waals surface area contributed by atoms with E-state index >= 15 is 0 Å². The molecular weight excluding hydrogens is 442 g/mol. The van der Waals surface area contributed by atoms with Gasteiger partial charge in [0.25, 0.3) is 5.91 Å². The maximum Gasteiger partial charge on any atom is 0.254 e. The largest absolute Gasteiger partial charge is 0.493 e. The normalized spacial score (nSPS) is 21.8. The van der Waals surface area contributed by atoms with E-state index in [1.165, 1.54) is 0 Å². The van der Waals surface area contributed by atoms with E-state index in [1.54, 1.807) is 24.0 Å². The molecule has 184 valence electrons. The fourth-order valence-corrected chi connectivity index (χ4v) is 5.88. The monoisotopic (exact) mass is 475 g/mol. The zero-order valence-corrected chi connectivity index (χ0v) is 20.9. The Morgan fingerprint density at radius 1 is 1.06 bits per heavy atom. The molecule has 1 saturated heterocycles. The van der Waals surface area contributed by atoms with Crippen molar-refractivity contribution in [1.82, 2.24) is 14.8 Å². The lowest BCUT2D eigenvalue weighted by atomic mass is 9.76. The number of carbonyl (C=O) groups is 2. The summed E-state index contributed by atoms with van der Waals surface area (Å²) in [6.07, 6.45) is 3.00. The SMILES string of the molecule is CCCCCN1CC(=O)N2CC(c3cccc(OC)c3OC)c3c([nH]c4ccccc34)C2(C)C1=O. The van der Waals surface area contributed by atoms with E-state index in [0.717, 1.165) is 47.0 Å². The van der Waals surface area contributed by atoms with Gasteiger partial charge in [0, 0.05) is 35.5 Å². The molecule has 0 aliphatic carbocycles. The molecule has 0 radical (unpaired) electrons. The number of piperazine rings is 1. The number of hydrogen-bond donors (Lipinski definition) is 1. The quantitative estimate of drug-likeness (QED) is 0.514. The summed E-state index contributed by atoms with van der Waals surface area (Å²) < 4.78 is 11.4. The van der Waals surface area contributed by atoms with Crippen LogP contribution in [-0.4, -0.2) is 60.5 Å². The average molecular weight is 476 g/mol. The van der Waals surface area contributed by atoms with Crippen molar-refractivity contribution in [3.8, 4) is 11.5 Å². The molecule has 2 aliphatic rings. The maximum absolute atomic E-state index is 14.0. The lowest BCUT2D eigenvalue weighted by Gasteiger charge is -2.51. The Morgan fingerprint density at radius 3 is 2.60 bits per heavy atom. The molecule has 2 aliphatic heterocycles. The third kappa shape index (κ3) is 3.48. The molecule has 2 amide bonds. The van der Waals surface area contributed by atoms with Crippen molar-refractivity contribution in [3.63, 3.8) is 0 Å². The van der Waals surface area contributed by atoms with Crippen LogP contribution in [0.15, 0.2) is 42.5 Å². The first-order valence-electron chi connectivity index (χ1n) is 12.4. The minimum atomic E-state index is -1.08. The molecule has 3 aromatic rings. The molecular formula is C28H33N3O4. The van der Waals surface area contributed by atoms with Crippen LogP contribution in [0.25, 0.3) is 10.9 Å². The Balaban J connectivity index is 1.71. The van der Waals surface area contributed by atoms with Gasteiger partial charge in [-0.05, 0) is 31.0 Å². The van der Waals surface area contributed by atoms with Crippen LogP contribution < -0.4 is 9.47 Å². The van der Waals surface area contributed by atoms with Gasteiger partial charge in [-0.2, -0.15) is 0 Å². The van der Waals surface area contributed by atoms with Gasteiger partial charge in [0.1, 0.15) is 0 Å². The lowest BCUT2D eigenvalue weighted by molar-refractivity contribution is -0.166. The molecule has 2 unspecified atom stereocenters. The number of benzene rings is 2. The lowest BCUT2D eigenvalue weighted by Crippen LogP contribution is -2.67. The molecule has 2 aromatic carbocycles. The van der Waals surface area contributed by atoms with Crippen LogP contribution in [0, 0.1) is 0 Å². The van der Waals surface area contributed by atoms with Gasteiger partial charge in [-0.15, -0.1) is 0 Å². The number of amides is 2. The summed E-state index contributed by atoms with van der Waals surface area (Å²) in [6, 6.07) is 13.9. The Kier molecular flexibility index (Phi) is 5.95. The van der Waals surface area contributed by atoms with Crippen LogP contribution in [0.5, 0.6) is 11.5 Å². The first-order chi connectivity index (χ1) is 16.9. The van der Waals surface area contributed by atoms with Crippen LogP contribution in [-0.2, 0) is 15.1 Å². The van der Waals surface area contributed by atoms with Crippen LogP contribution in [0.3, 0.4) is 0 Å². The summed E-state index contributed by atoms with van der Waals surface area (Å²) in [4.78, 5) is 34.6. The first kappa shape index (κ1) is 23.3. The molecule has 7 nitrogen and oxygen atoms in total. The molecule has 3 heterocycles. The summed E-state index contributed by atoms with van der Waals surface area (Å²) in [5.41, 5.74) is 2.64. The second kappa shape index (κ2) is 8.95. The van der Waals surface area contributed by atoms with Crippen molar-refractivity contribution in [2.75, 3.05) is 33.9 Å². The minimum Gasteiger partial charge on any atom is -0.493 e. The highest BCUT2D eigenvalue weighted by Gasteiger charge is 2.56. The number of para-hydroxylation sites is 2. The van der Waals surface area contributed by atoms with Crippen LogP contribution in [0.2, 0.25) is 0 Å². The molecule has 0 bridgehead atoms. The number of fused-ring (bicyclic) bond motifs is 5. The third-order valence-corrected chi connectivity index (χ3v) is 7.66. The molecule has 1 aromatic heterocycles. The molecule has 2 atom stereocenters. The molecule has 35 heavy (non-hydrogen) atoms. The molecule has 1 N–H and O–H groups in total. The van der Waals surface area contributed by atoms with Crippen molar-refractivity contribution >= 4 is 22.7 Å². The molecule has 1 fully saturated rings. The smallest absolute Gasteiger partial charge is 0.254 e. The van der Waals surface area contributed by atoms with Crippen LogP contribution in [0.1, 0.15) is 55.8 Å². The number of nitrogens with one attached hydrogen (secondary N) is 1. The topological polar surface area (TPSA) is 74.9 Å².